The van der Waals surface area contributed by atoms with Gasteiger partial charge in [-0.15, -0.1) is 0 Å². The van der Waals surface area contributed by atoms with Crippen molar-refractivity contribution in [1.82, 2.24) is 9.99 Å². The van der Waals surface area contributed by atoms with Crippen molar-refractivity contribution in [2.75, 3.05) is 0 Å². The summed E-state index contributed by atoms with van der Waals surface area (Å²) in [6.45, 7) is 6.04. The molecule has 0 unspecified atom stereocenters. The van der Waals surface area contributed by atoms with Crippen LogP contribution in [0.15, 0.2) is 59.7 Å². The number of hydrogen-bond donors (Lipinski definition) is 1. The summed E-state index contributed by atoms with van der Waals surface area (Å²) in [4.78, 5) is 22.5. The Morgan fingerprint density at radius 2 is 1.86 bits per heavy atom. The van der Waals surface area contributed by atoms with E-state index in [1.807, 2.05) is 45.0 Å². The van der Waals surface area contributed by atoms with Gasteiger partial charge in [-0.25, -0.2) is 5.43 Å². The SMILES string of the molecule is Cc1cccc(-n2c(C)cc(/C=N\NC(=O)c3cccc([N+](=O)[O-])c3)c2C)c1. The summed E-state index contributed by atoms with van der Waals surface area (Å²) < 4.78 is 2.12. The van der Waals surface area contributed by atoms with Crippen LogP contribution in [0.25, 0.3) is 5.69 Å². The number of hydrazone groups is 1. The van der Waals surface area contributed by atoms with Gasteiger partial charge in [0.15, 0.2) is 0 Å². The van der Waals surface area contributed by atoms with E-state index in [-0.39, 0.29) is 11.3 Å². The molecule has 3 aromatic rings. The summed E-state index contributed by atoms with van der Waals surface area (Å²) >= 11 is 0. The van der Waals surface area contributed by atoms with Crippen LogP contribution in [0.5, 0.6) is 0 Å². The molecule has 0 aliphatic rings. The van der Waals surface area contributed by atoms with Gasteiger partial charge < -0.3 is 4.57 Å². The second-order valence-electron chi connectivity index (χ2n) is 6.51. The van der Waals surface area contributed by atoms with Gasteiger partial charge in [-0.05, 0) is 50.6 Å². The van der Waals surface area contributed by atoms with Gasteiger partial charge in [-0.2, -0.15) is 5.10 Å². The highest BCUT2D eigenvalue weighted by atomic mass is 16.6. The van der Waals surface area contributed by atoms with Gasteiger partial charge in [0, 0.05) is 40.3 Å². The van der Waals surface area contributed by atoms with E-state index in [4.69, 9.17) is 0 Å². The molecule has 0 radical (unpaired) electrons. The van der Waals surface area contributed by atoms with Crippen LogP contribution in [-0.4, -0.2) is 21.6 Å². The molecule has 142 valence electrons. The van der Waals surface area contributed by atoms with Gasteiger partial charge in [0.05, 0.1) is 11.1 Å². The van der Waals surface area contributed by atoms with Crippen molar-refractivity contribution in [3.05, 3.63) is 92.8 Å². The van der Waals surface area contributed by atoms with E-state index >= 15 is 0 Å². The van der Waals surface area contributed by atoms with Gasteiger partial charge in [0.2, 0.25) is 0 Å². The standard InChI is InChI=1S/C21H20N4O3/c1-14-6-4-8-19(10-14)24-15(2)11-18(16(24)3)13-22-23-21(26)17-7-5-9-20(12-17)25(27)28/h4-13H,1-3H3,(H,23,26)/b22-13-. The van der Waals surface area contributed by atoms with Crippen LogP contribution in [0, 0.1) is 30.9 Å². The number of rotatable bonds is 5. The van der Waals surface area contributed by atoms with Gasteiger partial charge in [-0.1, -0.05) is 18.2 Å². The lowest BCUT2D eigenvalue weighted by atomic mass is 10.2. The van der Waals surface area contributed by atoms with Gasteiger partial charge in [-0.3, -0.25) is 14.9 Å². The maximum Gasteiger partial charge on any atom is 0.271 e. The van der Waals surface area contributed by atoms with Crippen molar-refractivity contribution in [3.63, 3.8) is 0 Å². The molecule has 0 atom stereocenters. The molecule has 0 aliphatic carbocycles. The lowest BCUT2D eigenvalue weighted by Crippen LogP contribution is -2.17. The molecule has 0 saturated carbocycles. The zero-order valence-corrected chi connectivity index (χ0v) is 15.8. The Morgan fingerprint density at radius 1 is 1.11 bits per heavy atom. The summed E-state index contributed by atoms with van der Waals surface area (Å²) in [6.07, 6.45) is 1.57. The van der Waals surface area contributed by atoms with Crippen LogP contribution in [0.3, 0.4) is 0 Å². The number of nitrogens with one attached hydrogen (secondary N) is 1. The number of non-ortho nitro benzene ring substituents is 1. The first-order valence-corrected chi connectivity index (χ1v) is 8.70. The summed E-state index contributed by atoms with van der Waals surface area (Å²) in [5.74, 6) is -0.507. The fourth-order valence-electron chi connectivity index (χ4n) is 3.07. The molecule has 0 saturated heterocycles. The first-order chi connectivity index (χ1) is 13.4. The number of aromatic nitrogens is 1. The quantitative estimate of drug-likeness (QED) is 0.413. The minimum atomic E-state index is -0.541. The molecule has 1 aromatic heterocycles. The average Bonchev–Trinajstić information content (AvgIpc) is 2.95. The van der Waals surface area contributed by atoms with Crippen molar-refractivity contribution in [1.29, 1.82) is 0 Å². The average molecular weight is 376 g/mol. The molecule has 3 rings (SSSR count). The number of benzene rings is 2. The molecule has 0 aliphatic heterocycles. The van der Waals surface area contributed by atoms with Crippen LogP contribution >= 0.6 is 0 Å². The van der Waals surface area contributed by atoms with Crippen LogP contribution < -0.4 is 5.43 Å². The number of carbonyl (C=O) groups excluding carboxylic acids is 1. The van der Waals surface area contributed by atoms with Crippen molar-refractivity contribution in [3.8, 4) is 5.69 Å². The molecule has 1 heterocycles. The van der Waals surface area contributed by atoms with Crippen molar-refractivity contribution in [2.24, 2.45) is 5.10 Å². The number of amides is 1. The van der Waals surface area contributed by atoms with Crippen LogP contribution in [0.4, 0.5) is 5.69 Å². The van der Waals surface area contributed by atoms with Crippen LogP contribution in [0.2, 0.25) is 0 Å². The van der Waals surface area contributed by atoms with Crippen molar-refractivity contribution in [2.45, 2.75) is 20.8 Å². The summed E-state index contributed by atoms with van der Waals surface area (Å²) in [7, 11) is 0. The largest absolute Gasteiger partial charge is 0.318 e. The molecular weight excluding hydrogens is 356 g/mol. The Labute approximate surface area is 162 Å². The second kappa shape index (κ2) is 7.87. The van der Waals surface area contributed by atoms with E-state index in [0.29, 0.717) is 0 Å². The number of nitro benzene ring substituents is 1. The minimum absolute atomic E-state index is 0.140. The zero-order chi connectivity index (χ0) is 20.3. The Bertz CT molecular complexity index is 1080. The molecular formula is C21H20N4O3. The number of nitro groups is 1. The first-order valence-electron chi connectivity index (χ1n) is 8.70. The Balaban J connectivity index is 1.78. The zero-order valence-electron chi connectivity index (χ0n) is 15.8. The molecule has 2 aromatic carbocycles. The smallest absolute Gasteiger partial charge is 0.271 e. The number of hydrogen-bond acceptors (Lipinski definition) is 4. The Hall–Kier alpha value is -3.74. The van der Waals surface area contributed by atoms with E-state index in [1.165, 1.54) is 29.8 Å². The molecule has 0 fully saturated rings. The topological polar surface area (TPSA) is 89.5 Å². The fourth-order valence-corrected chi connectivity index (χ4v) is 3.07. The highest BCUT2D eigenvalue weighted by molar-refractivity contribution is 5.95. The van der Waals surface area contributed by atoms with E-state index in [2.05, 4.69) is 21.2 Å². The van der Waals surface area contributed by atoms with E-state index in [1.54, 1.807) is 6.21 Å². The summed E-state index contributed by atoms with van der Waals surface area (Å²) in [5, 5.41) is 14.8. The summed E-state index contributed by atoms with van der Waals surface area (Å²) in [5.41, 5.74) is 7.61. The predicted molar refractivity (Wildman–Crippen MR) is 108 cm³/mol. The van der Waals surface area contributed by atoms with E-state index < -0.39 is 10.8 Å². The monoisotopic (exact) mass is 376 g/mol. The third-order valence-electron chi connectivity index (χ3n) is 4.42. The molecule has 0 spiro atoms. The predicted octanol–water partition coefficient (Wildman–Crippen LogP) is 4.07. The molecule has 7 heteroatoms. The number of aryl methyl sites for hydroxylation is 2. The number of carbonyl (C=O) groups is 1. The molecule has 1 N–H and O–H groups in total. The lowest BCUT2D eigenvalue weighted by Gasteiger charge is -2.10. The first kappa shape index (κ1) is 19.0. The third kappa shape index (κ3) is 3.98. The Morgan fingerprint density at radius 3 is 2.57 bits per heavy atom. The minimum Gasteiger partial charge on any atom is -0.318 e. The maximum atomic E-state index is 12.2. The van der Waals surface area contributed by atoms with Gasteiger partial charge in [0.1, 0.15) is 0 Å². The van der Waals surface area contributed by atoms with Crippen molar-refractivity contribution < 1.29 is 9.72 Å². The summed E-state index contributed by atoms with van der Waals surface area (Å²) in [6, 6.07) is 15.7. The highest BCUT2D eigenvalue weighted by Crippen LogP contribution is 2.20. The second-order valence-corrected chi connectivity index (χ2v) is 6.51. The molecule has 0 bridgehead atoms. The van der Waals surface area contributed by atoms with E-state index in [0.717, 1.165) is 22.6 Å². The lowest BCUT2D eigenvalue weighted by molar-refractivity contribution is -0.384. The third-order valence-corrected chi connectivity index (χ3v) is 4.42. The normalized spacial score (nSPS) is 11.0. The van der Waals surface area contributed by atoms with Crippen LogP contribution in [0.1, 0.15) is 32.9 Å². The van der Waals surface area contributed by atoms with E-state index in [9.17, 15) is 14.9 Å². The Kier molecular flexibility index (Phi) is 5.35. The maximum absolute atomic E-state index is 12.2. The molecule has 7 nitrogen and oxygen atoms in total. The fraction of sp³-hybridized carbons (Fsp3) is 0.143. The van der Waals surface area contributed by atoms with Gasteiger partial charge >= 0.3 is 0 Å². The molecule has 28 heavy (non-hydrogen) atoms. The van der Waals surface area contributed by atoms with Gasteiger partial charge in [0.25, 0.3) is 11.6 Å². The molecule has 1 amide bonds. The van der Waals surface area contributed by atoms with Crippen LogP contribution in [-0.2, 0) is 0 Å². The number of nitrogens with zero attached hydrogens (tertiary/aromatic N) is 3. The highest BCUT2D eigenvalue weighted by Gasteiger charge is 2.12. The van der Waals surface area contributed by atoms with Crippen molar-refractivity contribution >= 4 is 17.8 Å².